The number of pyridine rings is 1. The maximum Gasteiger partial charge on any atom is 0.274 e. The molecule has 1 unspecified atom stereocenters. The molecular weight excluding hydrogens is 410 g/mol. The van der Waals surface area contributed by atoms with Crippen LogP contribution in [0.15, 0.2) is 54.9 Å². The molecule has 1 atom stereocenters. The molecule has 0 saturated heterocycles. The molecule has 8 nitrogen and oxygen atoms in total. The van der Waals surface area contributed by atoms with Gasteiger partial charge in [0.25, 0.3) is 5.91 Å². The van der Waals surface area contributed by atoms with Gasteiger partial charge in [-0.25, -0.2) is 4.68 Å². The summed E-state index contributed by atoms with van der Waals surface area (Å²) in [4.78, 5) is 12.9. The van der Waals surface area contributed by atoms with E-state index in [9.17, 15) is 4.79 Å². The van der Waals surface area contributed by atoms with Gasteiger partial charge in [-0.05, 0) is 42.7 Å². The maximum atomic E-state index is 12.9. The molecule has 1 aromatic carbocycles. The highest BCUT2D eigenvalue weighted by atomic mass is 35.5. The Morgan fingerprint density at radius 3 is 2.83 bits per heavy atom. The highest BCUT2D eigenvalue weighted by molar-refractivity contribution is 7.98. The van der Waals surface area contributed by atoms with Crippen LogP contribution in [0.25, 0.3) is 11.3 Å². The molecule has 10 heteroatoms. The Morgan fingerprint density at radius 2 is 2.00 bits per heavy atom. The van der Waals surface area contributed by atoms with Crippen molar-refractivity contribution in [3.05, 3.63) is 71.4 Å². The number of hydrogen-bond donors (Lipinski definition) is 1. The van der Waals surface area contributed by atoms with Gasteiger partial charge in [0.1, 0.15) is 0 Å². The van der Waals surface area contributed by atoms with Crippen molar-refractivity contribution in [1.29, 1.82) is 0 Å². The van der Waals surface area contributed by atoms with Crippen LogP contribution in [0.1, 0.15) is 28.8 Å². The lowest BCUT2D eigenvalue weighted by atomic mass is 10.2. The fourth-order valence-electron chi connectivity index (χ4n) is 2.95. The van der Waals surface area contributed by atoms with Gasteiger partial charge in [-0.3, -0.25) is 9.20 Å². The van der Waals surface area contributed by atoms with E-state index in [4.69, 9.17) is 11.6 Å². The van der Waals surface area contributed by atoms with E-state index in [1.54, 1.807) is 24.0 Å². The molecule has 0 saturated carbocycles. The summed E-state index contributed by atoms with van der Waals surface area (Å²) < 4.78 is 3.37. The van der Waals surface area contributed by atoms with Crippen molar-refractivity contribution in [3.8, 4) is 5.69 Å². The van der Waals surface area contributed by atoms with Gasteiger partial charge in [0.05, 0.1) is 22.9 Å². The highest BCUT2D eigenvalue weighted by Gasteiger charge is 2.22. The van der Waals surface area contributed by atoms with E-state index in [0.29, 0.717) is 23.0 Å². The van der Waals surface area contributed by atoms with Crippen LogP contribution in [0.2, 0.25) is 5.02 Å². The normalized spacial score (nSPS) is 12.2. The monoisotopic (exact) mass is 427 g/mol. The zero-order valence-electron chi connectivity index (χ0n) is 15.6. The molecule has 0 aliphatic heterocycles. The molecule has 4 rings (SSSR count). The van der Waals surface area contributed by atoms with Crippen molar-refractivity contribution < 1.29 is 4.79 Å². The summed E-state index contributed by atoms with van der Waals surface area (Å²) in [5.74, 6) is 1.21. The van der Waals surface area contributed by atoms with Gasteiger partial charge >= 0.3 is 0 Å². The predicted octanol–water partition coefficient (Wildman–Crippen LogP) is 3.19. The second kappa shape index (κ2) is 8.62. The lowest BCUT2D eigenvalue weighted by molar-refractivity contribution is 0.0928. The minimum Gasteiger partial charge on any atom is -0.341 e. The quantitative estimate of drug-likeness (QED) is 0.487. The summed E-state index contributed by atoms with van der Waals surface area (Å²) in [6.45, 7) is 0. The number of hydrogen-bond acceptors (Lipinski definition) is 6. The molecule has 1 N–H and O–H groups in total. The van der Waals surface area contributed by atoms with Crippen LogP contribution in [0.3, 0.4) is 0 Å². The molecule has 0 fully saturated rings. The first-order valence-corrected chi connectivity index (χ1v) is 10.7. The van der Waals surface area contributed by atoms with Gasteiger partial charge in [-0.2, -0.15) is 11.8 Å². The number of aromatic nitrogens is 6. The summed E-state index contributed by atoms with van der Waals surface area (Å²) in [5, 5.41) is 20.1. The molecular formula is C19H18ClN7OS. The first-order valence-electron chi connectivity index (χ1n) is 8.94. The number of rotatable bonds is 7. The van der Waals surface area contributed by atoms with Crippen molar-refractivity contribution in [1.82, 2.24) is 34.9 Å². The zero-order chi connectivity index (χ0) is 20.2. The molecule has 3 heterocycles. The smallest absolute Gasteiger partial charge is 0.274 e. The molecule has 0 bridgehead atoms. The fourth-order valence-corrected chi connectivity index (χ4v) is 3.65. The lowest BCUT2D eigenvalue weighted by Gasteiger charge is -2.16. The van der Waals surface area contributed by atoms with Crippen molar-refractivity contribution in [2.75, 3.05) is 12.0 Å². The summed E-state index contributed by atoms with van der Waals surface area (Å²) in [5.41, 5.74) is 1.59. The first-order chi connectivity index (χ1) is 14.2. The molecule has 0 aliphatic rings. The van der Waals surface area contributed by atoms with Crippen LogP contribution >= 0.6 is 23.4 Å². The van der Waals surface area contributed by atoms with Gasteiger partial charge < -0.3 is 5.32 Å². The van der Waals surface area contributed by atoms with Crippen LogP contribution in [0.4, 0.5) is 0 Å². The van der Waals surface area contributed by atoms with Crippen LogP contribution < -0.4 is 5.32 Å². The second-order valence-corrected chi connectivity index (χ2v) is 7.69. The Hall–Kier alpha value is -2.91. The number of thioether (sulfide) groups is 1. The summed E-state index contributed by atoms with van der Waals surface area (Å²) in [7, 11) is 0. The molecule has 4 aromatic rings. The van der Waals surface area contributed by atoms with Crippen molar-refractivity contribution in [2.24, 2.45) is 0 Å². The van der Waals surface area contributed by atoms with Crippen molar-refractivity contribution >= 4 is 34.9 Å². The average molecular weight is 428 g/mol. The van der Waals surface area contributed by atoms with E-state index in [1.807, 2.05) is 53.3 Å². The Labute approximate surface area is 176 Å². The highest BCUT2D eigenvalue weighted by Crippen LogP contribution is 2.20. The topological polar surface area (TPSA) is 90.0 Å². The molecule has 3 aromatic heterocycles. The predicted molar refractivity (Wildman–Crippen MR) is 113 cm³/mol. The van der Waals surface area contributed by atoms with Crippen LogP contribution in [0, 0.1) is 0 Å². The van der Waals surface area contributed by atoms with E-state index in [-0.39, 0.29) is 17.6 Å². The third-order valence-electron chi connectivity index (χ3n) is 4.39. The van der Waals surface area contributed by atoms with Crippen molar-refractivity contribution in [2.45, 2.75) is 12.5 Å². The number of carbonyl (C=O) groups excluding carboxylic acids is 1. The number of para-hydroxylation sites is 1. The number of fused-ring (bicyclic) bond motifs is 1. The molecule has 29 heavy (non-hydrogen) atoms. The molecule has 0 aliphatic carbocycles. The third kappa shape index (κ3) is 4.10. The van der Waals surface area contributed by atoms with E-state index in [1.165, 1.54) is 4.68 Å². The standard InChI is InChI=1S/C19H18ClN7OS/c1-29-11-9-14(18-24-23-17-8-4-5-10-26(17)18)21-19(28)15-12-27(25-22-15)16-7-3-2-6-13(16)20/h2-8,10,12,14H,9,11H2,1H3,(H,21,28). The minimum atomic E-state index is -0.331. The van der Waals surface area contributed by atoms with Crippen LogP contribution in [0.5, 0.6) is 0 Å². The Kier molecular flexibility index (Phi) is 5.77. The number of amides is 1. The molecule has 1 amide bonds. The summed E-state index contributed by atoms with van der Waals surface area (Å²) in [6, 6.07) is 12.6. The van der Waals surface area contributed by atoms with Gasteiger partial charge in [-0.15, -0.1) is 15.3 Å². The Morgan fingerprint density at radius 1 is 1.17 bits per heavy atom. The van der Waals surface area contributed by atoms with Crippen molar-refractivity contribution in [3.63, 3.8) is 0 Å². The first kappa shape index (κ1) is 19.4. The summed E-state index contributed by atoms with van der Waals surface area (Å²) in [6.07, 6.45) is 6.18. The van der Waals surface area contributed by atoms with Gasteiger partial charge in [-0.1, -0.05) is 35.0 Å². The van der Waals surface area contributed by atoms with E-state index in [2.05, 4.69) is 25.8 Å². The largest absolute Gasteiger partial charge is 0.341 e. The second-order valence-electron chi connectivity index (χ2n) is 6.29. The van der Waals surface area contributed by atoms with Crippen LogP contribution in [-0.2, 0) is 0 Å². The van der Waals surface area contributed by atoms with E-state index < -0.39 is 0 Å². The average Bonchev–Trinajstić information content (AvgIpc) is 3.39. The lowest BCUT2D eigenvalue weighted by Crippen LogP contribution is -2.30. The number of halogens is 1. The van der Waals surface area contributed by atoms with Gasteiger partial charge in [0, 0.05) is 6.20 Å². The zero-order valence-corrected chi connectivity index (χ0v) is 17.1. The fraction of sp³-hybridized carbons (Fsp3) is 0.211. The Bertz CT molecular complexity index is 1140. The van der Waals surface area contributed by atoms with Gasteiger partial charge in [0.2, 0.25) is 0 Å². The number of nitrogens with one attached hydrogen (secondary N) is 1. The van der Waals surface area contributed by atoms with E-state index in [0.717, 1.165) is 11.4 Å². The maximum absolute atomic E-state index is 12.9. The SMILES string of the molecule is CSCCC(NC(=O)c1cn(-c2ccccc2Cl)nn1)c1nnc2ccccn12. The number of carbonyl (C=O) groups is 1. The summed E-state index contributed by atoms with van der Waals surface area (Å²) >= 11 is 7.91. The van der Waals surface area contributed by atoms with Crippen LogP contribution in [-0.4, -0.2) is 47.5 Å². The molecule has 0 radical (unpaired) electrons. The Balaban J connectivity index is 1.58. The van der Waals surface area contributed by atoms with E-state index >= 15 is 0 Å². The minimum absolute atomic E-state index is 0.202. The number of nitrogens with zero attached hydrogens (tertiary/aromatic N) is 6. The third-order valence-corrected chi connectivity index (χ3v) is 5.36. The number of benzene rings is 1. The van der Waals surface area contributed by atoms with Gasteiger partial charge in [0.15, 0.2) is 17.2 Å². The molecule has 0 spiro atoms. The molecule has 148 valence electrons.